The number of carbonyl (C=O) groups excluding carboxylic acids is 1. The second kappa shape index (κ2) is 6.92. The lowest BCUT2D eigenvalue weighted by Gasteiger charge is -2.32. The summed E-state index contributed by atoms with van der Waals surface area (Å²) in [6.07, 6.45) is 4.96. The fourth-order valence-corrected chi connectivity index (χ4v) is 2.66. The van der Waals surface area contributed by atoms with Crippen LogP contribution in [0.4, 0.5) is 5.82 Å². The van der Waals surface area contributed by atoms with Gasteiger partial charge in [-0.2, -0.15) is 5.26 Å². The number of aromatic nitrogens is 2. The first-order chi connectivity index (χ1) is 11.3. The summed E-state index contributed by atoms with van der Waals surface area (Å²) < 4.78 is 4.66. The summed E-state index contributed by atoms with van der Waals surface area (Å²) in [6, 6.07) is 7.28. The first-order valence-electron chi connectivity index (χ1n) is 7.56. The number of anilines is 1. The second-order valence-corrected chi connectivity index (χ2v) is 5.54. The predicted molar refractivity (Wildman–Crippen MR) is 82.7 cm³/mol. The molecule has 1 fully saturated rings. The van der Waals surface area contributed by atoms with Crippen LogP contribution in [-0.4, -0.2) is 35.7 Å². The van der Waals surface area contributed by atoms with Crippen molar-refractivity contribution in [3.8, 4) is 6.07 Å². The summed E-state index contributed by atoms with van der Waals surface area (Å²) in [5, 5.41) is 15.3. The highest BCUT2D eigenvalue weighted by Crippen LogP contribution is 2.21. The SMILES string of the molecule is N#Cc1ccc(N2CCC(CNC(=O)c3ccon3)CC2)nc1. The van der Waals surface area contributed by atoms with Crippen LogP contribution in [0.3, 0.4) is 0 Å². The van der Waals surface area contributed by atoms with Crippen molar-refractivity contribution in [2.24, 2.45) is 5.92 Å². The van der Waals surface area contributed by atoms with Crippen molar-refractivity contribution >= 4 is 11.7 Å². The molecule has 0 radical (unpaired) electrons. The molecule has 0 atom stereocenters. The smallest absolute Gasteiger partial charge is 0.273 e. The molecular formula is C16H17N5O2. The Bertz CT molecular complexity index is 682. The van der Waals surface area contributed by atoms with Crippen molar-refractivity contribution in [2.75, 3.05) is 24.5 Å². The Morgan fingerprint density at radius 3 is 2.83 bits per heavy atom. The van der Waals surface area contributed by atoms with Gasteiger partial charge in [0.1, 0.15) is 18.2 Å². The van der Waals surface area contributed by atoms with E-state index < -0.39 is 0 Å². The minimum Gasteiger partial charge on any atom is -0.364 e. The minimum atomic E-state index is -0.199. The van der Waals surface area contributed by atoms with E-state index in [1.165, 1.54) is 6.26 Å². The summed E-state index contributed by atoms with van der Waals surface area (Å²) in [4.78, 5) is 18.3. The lowest BCUT2D eigenvalue weighted by Crippen LogP contribution is -2.39. The van der Waals surface area contributed by atoms with Crippen LogP contribution in [-0.2, 0) is 0 Å². The summed E-state index contributed by atoms with van der Waals surface area (Å²) in [5.74, 6) is 1.14. The van der Waals surface area contributed by atoms with Crippen molar-refractivity contribution < 1.29 is 9.32 Å². The molecule has 0 aliphatic carbocycles. The number of nitriles is 1. The molecule has 2 aromatic heterocycles. The van der Waals surface area contributed by atoms with Crippen LogP contribution in [0.25, 0.3) is 0 Å². The highest BCUT2D eigenvalue weighted by Gasteiger charge is 2.21. The van der Waals surface area contributed by atoms with Crippen molar-refractivity contribution in [3.05, 3.63) is 41.9 Å². The topological polar surface area (TPSA) is 95.1 Å². The fourth-order valence-electron chi connectivity index (χ4n) is 2.66. The van der Waals surface area contributed by atoms with Crippen LogP contribution in [0, 0.1) is 17.2 Å². The normalized spacial score (nSPS) is 15.2. The van der Waals surface area contributed by atoms with E-state index in [4.69, 9.17) is 5.26 Å². The highest BCUT2D eigenvalue weighted by molar-refractivity contribution is 5.91. The molecule has 0 spiro atoms. The van der Waals surface area contributed by atoms with Crippen LogP contribution in [0.15, 0.2) is 35.2 Å². The number of pyridine rings is 1. The van der Waals surface area contributed by atoms with Crippen molar-refractivity contribution in [1.29, 1.82) is 5.26 Å². The molecular weight excluding hydrogens is 294 g/mol. The van der Waals surface area contributed by atoms with E-state index >= 15 is 0 Å². The Hall–Kier alpha value is -2.88. The summed E-state index contributed by atoms with van der Waals surface area (Å²) in [6.45, 7) is 2.42. The Balaban J connectivity index is 1.46. The third-order valence-electron chi connectivity index (χ3n) is 4.04. The average molecular weight is 311 g/mol. The molecule has 1 amide bonds. The molecule has 7 nitrogen and oxygen atoms in total. The minimum absolute atomic E-state index is 0.199. The molecule has 23 heavy (non-hydrogen) atoms. The van der Waals surface area contributed by atoms with E-state index in [-0.39, 0.29) is 5.91 Å². The monoisotopic (exact) mass is 311 g/mol. The first-order valence-corrected chi connectivity index (χ1v) is 7.56. The van der Waals surface area contributed by atoms with E-state index in [1.807, 2.05) is 6.07 Å². The Labute approximate surface area is 133 Å². The van der Waals surface area contributed by atoms with Gasteiger partial charge in [0, 0.05) is 31.9 Å². The molecule has 0 bridgehead atoms. The first kappa shape index (κ1) is 15.0. The van der Waals surface area contributed by atoms with Gasteiger partial charge in [-0.05, 0) is 30.9 Å². The van der Waals surface area contributed by atoms with Crippen molar-refractivity contribution in [1.82, 2.24) is 15.5 Å². The Kier molecular flexibility index (Phi) is 4.52. The standard InChI is InChI=1S/C16H17N5O2/c17-9-13-1-2-15(18-11-13)21-6-3-12(4-7-21)10-19-16(22)14-5-8-23-20-14/h1-2,5,8,11-12H,3-4,6-7,10H2,(H,19,22). The summed E-state index contributed by atoms with van der Waals surface area (Å²) in [5.41, 5.74) is 0.878. The molecule has 0 aromatic carbocycles. The molecule has 3 rings (SSSR count). The zero-order valence-electron chi connectivity index (χ0n) is 12.6. The van der Waals surface area contributed by atoms with Gasteiger partial charge >= 0.3 is 0 Å². The van der Waals surface area contributed by atoms with Crippen molar-refractivity contribution in [3.63, 3.8) is 0 Å². The maximum atomic E-state index is 11.8. The maximum Gasteiger partial charge on any atom is 0.273 e. The summed E-state index contributed by atoms with van der Waals surface area (Å²) in [7, 11) is 0. The third kappa shape index (κ3) is 3.66. The van der Waals surface area contributed by atoms with Gasteiger partial charge < -0.3 is 14.7 Å². The highest BCUT2D eigenvalue weighted by atomic mass is 16.5. The molecule has 1 aliphatic heterocycles. The van der Waals surface area contributed by atoms with Gasteiger partial charge in [-0.1, -0.05) is 5.16 Å². The van der Waals surface area contributed by atoms with Crippen molar-refractivity contribution in [2.45, 2.75) is 12.8 Å². The van der Waals surface area contributed by atoms with Crippen LogP contribution in [0.5, 0.6) is 0 Å². The zero-order chi connectivity index (χ0) is 16.1. The molecule has 0 saturated carbocycles. The van der Waals surface area contributed by atoms with Gasteiger partial charge in [-0.3, -0.25) is 4.79 Å². The molecule has 2 aromatic rings. The van der Waals surface area contributed by atoms with Crippen LogP contribution >= 0.6 is 0 Å². The van der Waals surface area contributed by atoms with Gasteiger partial charge in [0.25, 0.3) is 5.91 Å². The molecule has 118 valence electrons. The number of piperidine rings is 1. The van der Waals surface area contributed by atoms with Crippen LogP contribution in [0.2, 0.25) is 0 Å². The van der Waals surface area contributed by atoms with E-state index in [1.54, 1.807) is 18.3 Å². The fraction of sp³-hybridized carbons (Fsp3) is 0.375. The van der Waals surface area contributed by atoms with Gasteiger partial charge in [0.15, 0.2) is 5.69 Å². The molecule has 0 unspecified atom stereocenters. The largest absolute Gasteiger partial charge is 0.364 e. The number of nitrogens with one attached hydrogen (secondary N) is 1. The van der Waals surface area contributed by atoms with Crippen LogP contribution in [0.1, 0.15) is 28.9 Å². The van der Waals surface area contributed by atoms with E-state index in [0.29, 0.717) is 23.7 Å². The molecule has 1 saturated heterocycles. The number of nitrogens with zero attached hydrogens (tertiary/aromatic N) is 4. The molecule has 1 N–H and O–H groups in total. The lowest BCUT2D eigenvalue weighted by atomic mass is 9.96. The van der Waals surface area contributed by atoms with E-state index in [0.717, 1.165) is 31.7 Å². The second-order valence-electron chi connectivity index (χ2n) is 5.54. The van der Waals surface area contributed by atoms with Gasteiger partial charge in [-0.15, -0.1) is 0 Å². The quantitative estimate of drug-likeness (QED) is 0.921. The number of hydrogen-bond donors (Lipinski definition) is 1. The molecule has 3 heterocycles. The van der Waals surface area contributed by atoms with Gasteiger partial charge in [-0.25, -0.2) is 4.98 Å². The lowest BCUT2D eigenvalue weighted by molar-refractivity contribution is 0.0936. The third-order valence-corrected chi connectivity index (χ3v) is 4.04. The van der Waals surface area contributed by atoms with Gasteiger partial charge in [0.05, 0.1) is 5.56 Å². The number of hydrogen-bond acceptors (Lipinski definition) is 6. The average Bonchev–Trinajstić information content (AvgIpc) is 3.15. The number of amides is 1. The van der Waals surface area contributed by atoms with E-state index in [2.05, 4.69) is 30.9 Å². The van der Waals surface area contributed by atoms with Gasteiger partial charge in [0.2, 0.25) is 0 Å². The van der Waals surface area contributed by atoms with Crippen LogP contribution < -0.4 is 10.2 Å². The Morgan fingerprint density at radius 2 is 2.22 bits per heavy atom. The number of carbonyl (C=O) groups is 1. The molecule has 7 heteroatoms. The Morgan fingerprint density at radius 1 is 1.39 bits per heavy atom. The zero-order valence-corrected chi connectivity index (χ0v) is 12.6. The molecule has 1 aliphatic rings. The maximum absolute atomic E-state index is 11.8. The number of rotatable bonds is 4. The summed E-state index contributed by atoms with van der Waals surface area (Å²) >= 11 is 0. The predicted octanol–water partition coefficient (Wildman–Crippen LogP) is 1.59. The van der Waals surface area contributed by atoms with E-state index in [9.17, 15) is 4.79 Å².